The summed E-state index contributed by atoms with van der Waals surface area (Å²) in [6.45, 7) is 7.85. The van der Waals surface area contributed by atoms with Crippen LogP contribution in [0.25, 0.3) is 0 Å². The van der Waals surface area contributed by atoms with Crippen molar-refractivity contribution < 1.29 is 28.2 Å². The molecule has 2 fully saturated rings. The van der Waals surface area contributed by atoms with E-state index in [9.17, 15) is 18.8 Å². The highest BCUT2D eigenvalue weighted by Gasteiger charge is 2.51. The number of benzene rings is 1. The van der Waals surface area contributed by atoms with Gasteiger partial charge in [-0.1, -0.05) is 12.1 Å². The van der Waals surface area contributed by atoms with Crippen molar-refractivity contribution >= 4 is 18.0 Å². The summed E-state index contributed by atoms with van der Waals surface area (Å²) < 4.78 is 23.3. The first-order chi connectivity index (χ1) is 14.5. The van der Waals surface area contributed by atoms with Crippen LogP contribution in [0.1, 0.15) is 45.7 Å². The Morgan fingerprint density at radius 2 is 1.90 bits per heavy atom. The van der Waals surface area contributed by atoms with Crippen molar-refractivity contribution in [2.45, 2.75) is 63.9 Å². The molecule has 2 heterocycles. The lowest BCUT2D eigenvalue weighted by molar-refractivity contribution is -0.146. The van der Waals surface area contributed by atoms with E-state index >= 15 is 0 Å². The van der Waals surface area contributed by atoms with Crippen LogP contribution in [0.15, 0.2) is 24.3 Å². The number of ether oxygens (including phenoxy) is 2. The van der Waals surface area contributed by atoms with Crippen LogP contribution in [-0.4, -0.2) is 71.7 Å². The third kappa shape index (κ3) is 5.15. The van der Waals surface area contributed by atoms with Crippen LogP contribution in [0.3, 0.4) is 0 Å². The molecule has 1 aromatic carbocycles. The van der Waals surface area contributed by atoms with Gasteiger partial charge in [0.2, 0.25) is 5.91 Å². The van der Waals surface area contributed by atoms with Crippen LogP contribution in [0.2, 0.25) is 0 Å². The molecule has 0 aromatic heterocycles. The van der Waals surface area contributed by atoms with Gasteiger partial charge in [0, 0.05) is 19.1 Å². The Balaban J connectivity index is 1.66. The number of halogens is 1. The second kappa shape index (κ2) is 8.82. The SMILES string of the molecule is COC(=O)C(CN1CC2CC1C(=O)N2[C@@H](C)c1ccc(F)cc1)NC(=O)OC(C)(C)C. The molecule has 1 aromatic rings. The zero-order chi connectivity index (χ0) is 22.9. The molecule has 0 saturated carbocycles. The minimum absolute atomic E-state index is 0.0163. The third-order valence-electron chi connectivity index (χ3n) is 5.68. The Bertz CT molecular complexity index is 839. The number of fused-ring (bicyclic) bond motifs is 2. The maximum Gasteiger partial charge on any atom is 0.408 e. The predicted molar refractivity (Wildman–Crippen MR) is 111 cm³/mol. The van der Waals surface area contributed by atoms with Gasteiger partial charge in [-0.25, -0.2) is 14.0 Å². The number of alkyl carbamates (subject to hydrolysis) is 1. The third-order valence-corrected chi connectivity index (χ3v) is 5.68. The second-order valence-electron chi connectivity index (χ2n) is 9.05. The fourth-order valence-electron chi connectivity index (χ4n) is 4.31. The van der Waals surface area contributed by atoms with Crippen LogP contribution in [0.4, 0.5) is 9.18 Å². The van der Waals surface area contributed by atoms with E-state index in [1.54, 1.807) is 32.9 Å². The quantitative estimate of drug-likeness (QED) is 0.690. The van der Waals surface area contributed by atoms with Gasteiger partial charge in [0.05, 0.1) is 19.2 Å². The van der Waals surface area contributed by atoms with Gasteiger partial charge in [0.15, 0.2) is 0 Å². The van der Waals surface area contributed by atoms with Gasteiger partial charge in [-0.2, -0.15) is 0 Å². The van der Waals surface area contributed by atoms with E-state index in [0.29, 0.717) is 13.0 Å². The van der Waals surface area contributed by atoms with Gasteiger partial charge in [0.1, 0.15) is 17.5 Å². The summed E-state index contributed by atoms with van der Waals surface area (Å²) in [5, 5.41) is 2.55. The van der Waals surface area contributed by atoms with Crippen molar-refractivity contribution in [3.63, 3.8) is 0 Å². The molecule has 2 bridgehead atoms. The Morgan fingerprint density at radius 1 is 1.26 bits per heavy atom. The monoisotopic (exact) mass is 435 g/mol. The first-order valence-electron chi connectivity index (χ1n) is 10.4. The summed E-state index contributed by atoms with van der Waals surface area (Å²) in [6.07, 6.45) is -0.0739. The lowest BCUT2D eigenvalue weighted by Gasteiger charge is -2.38. The molecule has 2 saturated heterocycles. The maximum absolute atomic E-state index is 13.2. The molecule has 2 amide bonds. The summed E-state index contributed by atoms with van der Waals surface area (Å²) in [6, 6.07) is 4.64. The normalized spacial score (nSPS) is 22.9. The molecule has 3 unspecified atom stereocenters. The van der Waals surface area contributed by atoms with E-state index in [2.05, 4.69) is 5.32 Å². The number of likely N-dealkylation sites (tertiary alicyclic amines) is 2. The van der Waals surface area contributed by atoms with Crippen molar-refractivity contribution in [1.29, 1.82) is 0 Å². The standard InChI is InChI=1S/C22H30FN3O5/c1-13(14-6-8-15(23)9-7-14)26-16-10-18(19(26)27)25(11-16)12-17(20(28)30-5)24-21(29)31-22(2,3)4/h6-9,13,16-18H,10-12H2,1-5H3,(H,24,29)/t13-,16?,17?,18?/m0/s1. The largest absolute Gasteiger partial charge is 0.467 e. The van der Waals surface area contributed by atoms with E-state index < -0.39 is 23.7 Å². The second-order valence-corrected chi connectivity index (χ2v) is 9.05. The number of piperazine rings is 1. The van der Waals surface area contributed by atoms with Crippen molar-refractivity contribution in [3.8, 4) is 0 Å². The molecule has 4 atom stereocenters. The predicted octanol–water partition coefficient (Wildman–Crippen LogP) is 2.24. The van der Waals surface area contributed by atoms with E-state index in [4.69, 9.17) is 9.47 Å². The molecule has 0 radical (unpaired) electrons. The number of carbonyl (C=O) groups is 3. The molecule has 0 aliphatic carbocycles. The molecule has 2 aliphatic heterocycles. The highest BCUT2D eigenvalue weighted by atomic mass is 19.1. The lowest BCUT2D eigenvalue weighted by atomic mass is 10.1. The molecule has 2 aliphatic rings. The Labute approximate surface area is 181 Å². The van der Waals surface area contributed by atoms with Crippen LogP contribution in [-0.2, 0) is 19.1 Å². The first-order valence-corrected chi connectivity index (χ1v) is 10.4. The van der Waals surface area contributed by atoms with Crippen molar-refractivity contribution in [3.05, 3.63) is 35.6 Å². The van der Waals surface area contributed by atoms with Gasteiger partial charge in [0.25, 0.3) is 0 Å². The van der Waals surface area contributed by atoms with E-state index in [-0.39, 0.29) is 36.4 Å². The Kier molecular flexibility index (Phi) is 6.54. The van der Waals surface area contributed by atoms with Crippen LogP contribution in [0, 0.1) is 5.82 Å². The zero-order valence-corrected chi connectivity index (χ0v) is 18.6. The summed E-state index contributed by atoms with van der Waals surface area (Å²) in [5.74, 6) is -0.950. The number of hydrogen-bond donors (Lipinski definition) is 1. The molecule has 8 nitrogen and oxygen atoms in total. The van der Waals surface area contributed by atoms with E-state index in [0.717, 1.165) is 5.56 Å². The van der Waals surface area contributed by atoms with Crippen LogP contribution >= 0.6 is 0 Å². The number of hydrogen-bond acceptors (Lipinski definition) is 6. The molecular weight excluding hydrogens is 405 g/mol. The number of methoxy groups -OCH3 is 1. The van der Waals surface area contributed by atoms with E-state index in [1.165, 1.54) is 19.2 Å². The van der Waals surface area contributed by atoms with Gasteiger partial charge in [-0.15, -0.1) is 0 Å². The van der Waals surface area contributed by atoms with Crippen LogP contribution < -0.4 is 5.32 Å². The molecule has 0 spiro atoms. The topological polar surface area (TPSA) is 88.2 Å². The first kappa shape index (κ1) is 23.0. The molecule has 1 N–H and O–H groups in total. The van der Waals surface area contributed by atoms with Gasteiger partial charge < -0.3 is 19.7 Å². The number of nitrogens with zero attached hydrogens (tertiary/aromatic N) is 2. The molecular formula is C22H30FN3O5. The minimum atomic E-state index is -0.949. The summed E-state index contributed by atoms with van der Waals surface area (Å²) >= 11 is 0. The molecule has 31 heavy (non-hydrogen) atoms. The summed E-state index contributed by atoms with van der Waals surface area (Å²) in [5.41, 5.74) is 0.164. The highest BCUT2D eigenvalue weighted by molar-refractivity contribution is 5.87. The summed E-state index contributed by atoms with van der Waals surface area (Å²) in [4.78, 5) is 41.2. The van der Waals surface area contributed by atoms with Gasteiger partial charge in [-0.05, 0) is 51.8 Å². The molecule has 3 rings (SSSR count). The molecule has 9 heteroatoms. The Morgan fingerprint density at radius 3 is 2.45 bits per heavy atom. The van der Waals surface area contributed by atoms with Crippen molar-refractivity contribution in [1.82, 2.24) is 15.1 Å². The summed E-state index contributed by atoms with van der Waals surface area (Å²) in [7, 11) is 1.25. The lowest BCUT2D eigenvalue weighted by Crippen LogP contribution is -2.56. The highest BCUT2D eigenvalue weighted by Crippen LogP contribution is 2.37. The number of carbonyl (C=O) groups excluding carboxylic acids is 3. The minimum Gasteiger partial charge on any atom is -0.467 e. The smallest absolute Gasteiger partial charge is 0.408 e. The van der Waals surface area contributed by atoms with Gasteiger partial charge >= 0.3 is 12.1 Å². The number of nitrogens with one attached hydrogen (secondary N) is 1. The van der Waals surface area contributed by atoms with E-state index in [1.807, 2.05) is 16.7 Å². The average Bonchev–Trinajstić information content (AvgIpc) is 3.22. The zero-order valence-electron chi connectivity index (χ0n) is 18.6. The maximum atomic E-state index is 13.2. The number of amides is 2. The van der Waals surface area contributed by atoms with Crippen molar-refractivity contribution in [2.24, 2.45) is 0 Å². The number of esters is 1. The van der Waals surface area contributed by atoms with Crippen molar-refractivity contribution in [2.75, 3.05) is 20.2 Å². The van der Waals surface area contributed by atoms with Crippen LogP contribution in [0.5, 0.6) is 0 Å². The fraction of sp³-hybridized carbons (Fsp3) is 0.591. The average molecular weight is 435 g/mol. The Hall–Kier alpha value is -2.68. The fourth-order valence-corrected chi connectivity index (χ4v) is 4.31. The number of rotatable bonds is 6. The van der Waals surface area contributed by atoms with Gasteiger partial charge in [-0.3, -0.25) is 9.69 Å². The molecule has 170 valence electrons.